The van der Waals surface area contributed by atoms with Crippen LogP contribution in [0.25, 0.3) is 0 Å². The fourth-order valence-corrected chi connectivity index (χ4v) is 2.61. The van der Waals surface area contributed by atoms with Crippen LogP contribution in [0.2, 0.25) is 18.1 Å². The third-order valence-electron chi connectivity index (χ3n) is 3.84. The van der Waals surface area contributed by atoms with Gasteiger partial charge in [0.05, 0.1) is 0 Å². The van der Waals surface area contributed by atoms with E-state index in [1.165, 1.54) is 5.56 Å². The van der Waals surface area contributed by atoms with Crippen LogP contribution >= 0.6 is 11.6 Å². The summed E-state index contributed by atoms with van der Waals surface area (Å²) >= 11 is 5.41. The molecule has 0 saturated heterocycles. The lowest BCUT2D eigenvalue weighted by molar-refractivity contribution is 0.108. The summed E-state index contributed by atoms with van der Waals surface area (Å²) in [5.74, 6) is 0. The topological polar surface area (TPSA) is 26.3 Å². The van der Waals surface area contributed by atoms with Crippen molar-refractivity contribution in [3.63, 3.8) is 0 Å². The van der Waals surface area contributed by atoms with Gasteiger partial charge in [0.25, 0.3) is 5.24 Å². The highest BCUT2D eigenvalue weighted by atomic mass is 35.5. The minimum atomic E-state index is -1.66. The lowest BCUT2D eigenvalue weighted by atomic mass is 10.1. The lowest BCUT2D eigenvalue weighted by Gasteiger charge is -2.36. The van der Waals surface area contributed by atoms with Crippen LogP contribution in [0, 0.1) is 0 Å². The lowest BCUT2D eigenvalue weighted by Crippen LogP contribution is -2.41. The summed E-state index contributed by atoms with van der Waals surface area (Å²) in [7, 11) is -1.66. The van der Waals surface area contributed by atoms with Gasteiger partial charge in [0.1, 0.15) is 0 Å². The van der Waals surface area contributed by atoms with Crippen LogP contribution in [0.4, 0.5) is 0 Å². The Bertz CT molecular complexity index is 432. The highest BCUT2D eigenvalue weighted by molar-refractivity contribution is 6.74. The Kier molecular flexibility index (Phi) is 5.36. The van der Waals surface area contributed by atoms with Crippen molar-refractivity contribution in [1.29, 1.82) is 0 Å². The summed E-state index contributed by atoms with van der Waals surface area (Å²) in [6, 6.07) is 7.39. The Hall–Kier alpha value is -0.643. The molecule has 1 aromatic carbocycles. The Morgan fingerprint density at radius 2 is 1.74 bits per heavy atom. The fourth-order valence-electron chi connectivity index (χ4n) is 1.44. The van der Waals surface area contributed by atoms with E-state index in [1.807, 2.05) is 12.1 Å². The molecule has 0 aliphatic heterocycles. The van der Waals surface area contributed by atoms with Gasteiger partial charge in [-0.1, -0.05) is 32.9 Å². The molecule has 0 N–H and O–H groups in total. The first-order chi connectivity index (χ1) is 8.63. The van der Waals surface area contributed by atoms with Crippen molar-refractivity contribution < 1.29 is 9.22 Å². The van der Waals surface area contributed by atoms with Crippen molar-refractivity contribution in [2.75, 3.05) is 6.61 Å². The Morgan fingerprint density at radius 3 is 2.16 bits per heavy atom. The quantitative estimate of drug-likeness (QED) is 0.585. The van der Waals surface area contributed by atoms with Crippen molar-refractivity contribution in [2.45, 2.75) is 45.3 Å². The zero-order chi connectivity index (χ0) is 14.7. The van der Waals surface area contributed by atoms with Crippen LogP contribution in [-0.2, 0) is 10.8 Å². The monoisotopic (exact) mass is 298 g/mol. The minimum absolute atomic E-state index is 0.238. The predicted molar refractivity (Wildman–Crippen MR) is 83.5 cm³/mol. The first-order valence-corrected chi connectivity index (χ1v) is 9.85. The third-order valence-corrected chi connectivity index (χ3v) is 8.60. The van der Waals surface area contributed by atoms with Crippen LogP contribution in [0.1, 0.15) is 36.7 Å². The van der Waals surface area contributed by atoms with Crippen LogP contribution < -0.4 is 0 Å². The van der Waals surface area contributed by atoms with Gasteiger partial charge < -0.3 is 4.43 Å². The van der Waals surface area contributed by atoms with E-state index >= 15 is 0 Å². The number of hydrogen-bond acceptors (Lipinski definition) is 2. The van der Waals surface area contributed by atoms with Gasteiger partial charge in [-0.15, -0.1) is 0 Å². The second-order valence-electron chi connectivity index (χ2n) is 6.33. The highest BCUT2D eigenvalue weighted by Crippen LogP contribution is 2.36. The molecular formula is C15H23ClO2Si. The van der Waals surface area contributed by atoms with Crippen LogP contribution in [0.15, 0.2) is 24.3 Å². The van der Waals surface area contributed by atoms with Crippen LogP contribution in [0.3, 0.4) is 0 Å². The number of carbonyl (C=O) groups is 1. The summed E-state index contributed by atoms with van der Waals surface area (Å²) in [5.41, 5.74) is 1.70. The molecule has 0 atom stereocenters. The minimum Gasteiger partial charge on any atom is -0.416 e. The molecule has 0 bridgehead atoms. The van der Waals surface area contributed by atoms with Crippen molar-refractivity contribution in [2.24, 2.45) is 0 Å². The molecule has 0 spiro atoms. The summed E-state index contributed by atoms with van der Waals surface area (Å²) in [6.07, 6.45) is 0.864. The maximum atomic E-state index is 11.0. The van der Waals surface area contributed by atoms with Gasteiger partial charge in [-0.3, -0.25) is 4.79 Å². The van der Waals surface area contributed by atoms with Crippen molar-refractivity contribution >= 4 is 25.2 Å². The second kappa shape index (κ2) is 6.20. The maximum Gasteiger partial charge on any atom is 0.252 e. The summed E-state index contributed by atoms with van der Waals surface area (Å²) < 4.78 is 6.12. The highest BCUT2D eigenvalue weighted by Gasteiger charge is 2.36. The molecule has 2 nitrogen and oxygen atoms in total. The van der Waals surface area contributed by atoms with E-state index in [9.17, 15) is 4.79 Å². The van der Waals surface area contributed by atoms with E-state index < -0.39 is 13.6 Å². The van der Waals surface area contributed by atoms with E-state index in [1.54, 1.807) is 12.1 Å². The number of halogens is 1. The molecule has 4 heteroatoms. The van der Waals surface area contributed by atoms with Crippen molar-refractivity contribution in [3.05, 3.63) is 35.4 Å². The number of rotatable bonds is 5. The molecule has 19 heavy (non-hydrogen) atoms. The number of hydrogen-bond donors (Lipinski definition) is 0. The zero-order valence-electron chi connectivity index (χ0n) is 12.4. The normalized spacial score (nSPS) is 12.5. The van der Waals surface area contributed by atoms with Crippen molar-refractivity contribution in [3.8, 4) is 0 Å². The van der Waals surface area contributed by atoms with Crippen LogP contribution in [-0.4, -0.2) is 20.2 Å². The molecule has 0 aliphatic carbocycles. The van der Waals surface area contributed by atoms with E-state index in [0.29, 0.717) is 5.56 Å². The largest absolute Gasteiger partial charge is 0.416 e. The first kappa shape index (κ1) is 16.4. The average Bonchev–Trinajstić information content (AvgIpc) is 2.28. The fraction of sp³-hybridized carbons (Fsp3) is 0.533. The van der Waals surface area contributed by atoms with Gasteiger partial charge in [0.2, 0.25) is 0 Å². The molecule has 0 radical (unpaired) electrons. The smallest absolute Gasteiger partial charge is 0.252 e. The second-order valence-corrected chi connectivity index (χ2v) is 11.5. The molecule has 1 rings (SSSR count). The first-order valence-electron chi connectivity index (χ1n) is 6.56. The number of carbonyl (C=O) groups excluding carboxylic acids is 1. The standard InChI is InChI=1S/C15H23ClO2Si/c1-15(2,3)19(4,5)18-11-10-12-6-8-13(9-7-12)14(16)17/h6-9H,10-11H2,1-5H3. The van der Waals surface area contributed by atoms with Gasteiger partial charge in [-0.2, -0.15) is 0 Å². The maximum absolute atomic E-state index is 11.0. The van der Waals surface area contributed by atoms with Crippen LogP contribution in [0.5, 0.6) is 0 Å². The van der Waals surface area contributed by atoms with E-state index in [2.05, 4.69) is 33.9 Å². The number of benzene rings is 1. The SMILES string of the molecule is CC(C)(C)[Si](C)(C)OCCc1ccc(C(=O)Cl)cc1. The third kappa shape index (κ3) is 4.75. The van der Waals surface area contributed by atoms with Gasteiger partial charge >= 0.3 is 0 Å². The molecule has 0 fully saturated rings. The predicted octanol–water partition coefficient (Wildman–Crippen LogP) is 4.63. The molecule has 0 unspecified atom stereocenters. The molecule has 0 saturated carbocycles. The van der Waals surface area contributed by atoms with E-state index in [-0.39, 0.29) is 5.04 Å². The molecule has 0 amide bonds. The molecule has 0 aliphatic rings. The van der Waals surface area contributed by atoms with E-state index in [0.717, 1.165) is 13.0 Å². The van der Waals surface area contributed by atoms with E-state index in [4.69, 9.17) is 16.0 Å². The molecular weight excluding hydrogens is 276 g/mol. The molecule has 0 heterocycles. The molecule has 0 aromatic heterocycles. The van der Waals surface area contributed by atoms with Crippen molar-refractivity contribution in [1.82, 2.24) is 0 Å². The average molecular weight is 299 g/mol. The molecule has 1 aromatic rings. The summed E-state index contributed by atoms with van der Waals surface area (Å²) in [5, 5.41) is -0.175. The van der Waals surface area contributed by atoms with Gasteiger partial charge in [-0.25, -0.2) is 0 Å². The zero-order valence-corrected chi connectivity index (χ0v) is 14.2. The Balaban J connectivity index is 2.52. The van der Waals surface area contributed by atoms with Gasteiger partial charge in [0.15, 0.2) is 8.32 Å². The Morgan fingerprint density at radius 1 is 1.21 bits per heavy atom. The molecule has 106 valence electrons. The summed E-state index contributed by atoms with van der Waals surface area (Å²) in [6.45, 7) is 11.9. The summed E-state index contributed by atoms with van der Waals surface area (Å²) in [4.78, 5) is 11.0. The van der Waals surface area contributed by atoms with Gasteiger partial charge in [0, 0.05) is 12.2 Å². The Labute approximate surface area is 122 Å². The van der Waals surface area contributed by atoms with Gasteiger partial charge in [-0.05, 0) is 53.9 Å².